The van der Waals surface area contributed by atoms with Crippen LogP contribution in [0.25, 0.3) is 0 Å². The van der Waals surface area contributed by atoms with Crippen molar-refractivity contribution in [2.75, 3.05) is 26.9 Å². The average Bonchev–Trinajstić information content (AvgIpc) is 2.59. The Morgan fingerprint density at radius 2 is 2.23 bits per heavy atom. The number of nitrogens with one attached hydrogen (secondary N) is 1. The zero-order valence-corrected chi connectivity index (χ0v) is 8.34. The first kappa shape index (κ1) is 9.44. The molecule has 1 aliphatic heterocycles. The summed E-state index contributed by atoms with van der Waals surface area (Å²) in [5.74, 6) is 0. The van der Waals surface area contributed by atoms with Gasteiger partial charge in [0.2, 0.25) is 0 Å². The topological polar surface area (TPSA) is 30.5 Å². The van der Waals surface area contributed by atoms with Gasteiger partial charge in [-0.05, 0) is 12.8 Å². The lowest BCUT2D eigenvalue weighted by atomic mass is 9.97. The van der Waals surface area contributed by atoms with E-state index in [0.717, 1.165) is 13.2 Å². The molecule has 3 heteroatoms. The number of rotatable bonds is 2. The maximum absolute atomic E-state index is 5.77. The van der Waals surface area contributed by atoms with Crippen molar-refractivity contribution in [3.63, 3.8) is 0 Å². The van der Waals surface area contributed by atoms with Gasteiger partial charge >= 0.3 is 0 Å². The van der Waals surface area contributed by atoms with Crippen molar-refractivity contribution in [1.29, 1.82) is 0 Å². The molecule has 1 atom stereocenters. The number of morpholine rings is 1. The molecular weight excluding hydrogens is 166 g/mol. The van der Waals surface area contributed by atoms with Gasteiger partial charge in [-0.2, -0.15) is 0 Å². The van der Waals surface area contributed by atoms with E-state index in [2.05, 4.69) is 5.32 Å². The van der Waals surface area contributed by atoms with E-state index in [4.69, 9.17) is 9.47 Å². The fraction of sp³-hybridized carbons (Fsp3) is 1.00. The quantitative estimate of drug-likeness (QED) is 0.694. The highest BCUT2D eigenvalue weighted by molar-refractivity contribution is 4.95. The van der Waals surface area contributed by atoms with Crippen molar-refractivity contribution in [2.24, 2.45) is 0 Å². The molecule has 2 fully saturated rings. The summed E-state index contributed by atoms with van der Waals surface area (Å²) in [6.45, 7) is 2.54. The lowest BCUT2D eigenvalue weighted by molar-refractivity contribution is -0.0615. The van der Waals surface area contributed by atoms with Crippen molar-refractivity contribution in [3.05, 3.63) is 0 Å². The fourth-order valence-electron chi connectivity index (χ4n) is 2.38. The monoisotopic (exact) mass is 185 g/mol. The molecule has 1 N–H and O–H groups in total. The minimum Gasteiger partial charge on any atom is -0.382 e. The molecule has 1 saturated carbocycles. The average molecular weight is 185 g/mol. The van der Waals surface area contributed by atoms with Crippen LogP contribution in [0.4, 0.5) is 0 Å². The highest BCUT2D eigenvalue weighted by atomic mass is 16.5. The van der Waals surface area contributed by atoms with Crippen LogP contribution in [0, 0.1) is 0 Å². The van der Waals surface area contributed by atoms with E-state index >= 15 is 0 Å². The van der Waals surface area contributed by atoms with Gasteiger partial charge in [-0.3, -0.25) is 0 Å². The fourth-order valence-corrected chi connectivity index (χ4v) is 2.38. The minimum absolute atomic E-state index is 0.260. The van der Waals surface area contributed by atoms with E-state index in [9.17, 15) is 0 Å². The lowest BCUT2D eigenvalue weighted by Crippen LogP contribution is -2.56. The molecule has 2 rings (SSSR count). The second-order valence-corrected chi connectivity index (χ2v) is 4.26. The highest BCUT2D eigenvalue weighted by Crippen LogP contribution is 2.31. The van der Waals surface area contributed by atoms with Crippen molar-refractivity contribution in [3.8, 4) is 0 Å². The molecule has 2 aliphatic rings. The van der Waals surface area contributed by atoms with E-state index in [-0.39, 0.29) is 6.10 Å². The Bertz CT molecular complexity index is 156. The van der Waals surface area contributed by atoms with Crippen LogP contribution in [-0.2, 0) is 9.47 Å². The maximum Gasteiger partial charge on any atom is 0.0933 e. The van der Waals surface area contributed by atoms with E-state index in [0.29, 0.717) is 12.1 Å². The van der Waals surface area contributed by atoms with Gasteiger partial charge in [0, 0.05) is 19.2 Å². The van der Waals surface area contributed by atoms with Gasteiger partial charge in [0.05, 0.1) is 19.3 Å². The molecule has 1 unspecified atom stereocenters. The molecule has 1 spiro atoms. The molecule has 0 bridgehead atoms. The smallest absolute Gasteiger partial charge is 0.0933 e. The van der Waals surface area contributed by atoms with Gasteiger partial charge in [-0.25, -0.2) is 0 Å². The standard InChI is InChI=1S/C10H19NO2/c1-12-7-9-6-11-10(8-13-9)4-2-3-5-10/h9,11H,2-8H2,1H3. The minimum atomic E-state index is 0.260. The third-order valence-electron chi connectivity index (χ3n) is 3.21. The predicted octanol–water partition coefficient (Wildman–Crippen LogP) is 0.934. The zero-order valence-electron chi connectivity index (χ0n) is 8.34. The van der Waals surface area contributed by atoms with Crippen LogP contribution in [-0.4, -0.2) is 38.5 Å². The first-order valence-corrected chi connectivity index (χ1v) is 5.20. The van der Waals surface area contributed by atoms with Crippen LogP contribution in [0.2, 0.25) is 0 Å². The second kappa shape index (κ2) is 3.95. The molecule has 1 saturated heterocycles. The van der Waals surface area contributed by atoms with Crippen molar-refractivity contribution in [2.45, 2.75) is 37.3 Å². The third-order valence-corrected chi connectivity index (χ3v) is 3.21. The number of ether oxygens (including phenoxy) is 2. The Morgan fingerprint density at radius 3 is 2.77 bits per heavy atom. The number of methoxy groups -OCH3 is 1. The second-order valence-electron chi connectivity index (χ2n) is 4.26. The molecule has 1 heterocycles. The zero-order chi connectivity index (χ0) is 9.15. The van der Waals surface area contributed by atoms with Crippen molar-refractivity contribution in [1.82, 2.24) is 5.32 Å². The Kier molecular flexibility index (Phi) is 2.86. The Labute approximate surface area is 79.8 Å². The summed E-state index contributed by atoms with van der Waals surface area (Å²) in [5.41, 5.74) is 0.324. The van der Waals surface area contributed by atoms with Crippen LogP contribution in [0.1, 0.15) is 25.7 Å². The first-order chi connectivity index (χ1) is 6.35. The highest BCUT2D eigenvalue weighted by Gasteiger charge is 2.37. The summed E-state index contributed by atoms with van der Waals surface area (Å²) in [5, 5.41) is 3.62. The Hall–Kier alpha value is -0.120. The number of hydrogen-bond donors (Lipinski definition) is 1. The van der Waals surface area contributed by atoms with Gasteiger partial charge in [-0.1, -0.05) is 12.8 Å². The SMILES string of the molecule is COCC1CNC2(CCCC2)CO1. The molecule has 0 aromatic rings. The maximum atomic E-state index is 5.77. The Morgan fingerprint density at radius 1 is 1.46 bits per heavy atom. The van der Waals surface area contributed by atoms with E-state index in [1.165, 1.54) is 25.7 Å². The van der Waals surface area contributed by atoms with Gasteiger partial charge < -0.3 is 14.8 Å². The van der Waals surface area contributed by atoms with Crippen LogP contribution in [0.15, 0.2) is 0 Å². The Balaban J connectivity index is 1.81. The normalized spacial score (nSPS) is 32.5. The largest absolute Gasteiger partial charge is 0.382 e. The first-order valence-electron chi connectivity index (χ1n) is 5.20. The van der Waals surface area contributed by atoms with Crippen LogP contribution >= 0.6 is 0 Å². The number of hydrogen-bond acceptors (Lipinski definition) is 3. The van der Waals surface area contributed by atoms with Gasteiger partial charge in [0.1, 0.15) is 0 Å². The summed E-state index contributed by atoms with van der Waals surface area (Å²) in [6, 6.07) is 0. The summed E-state index contributed by atoms with van der Waals surface area (Å²) >= 11 is 0. The lowest BCUT2D eigenvalue weighted by Gasteiger charge is -2.38. The summed E-state index contributed by atoms with van der Waals surface area (Å²) in [6.07, 6.45) is 5.53. The summed E-state index contributed by atoms with van der Waals surface area (Å²) < 4.78 is 10.8. The summed E-state index contributed by atoms with van der Waals surface area (Å²) in [4.78, 5) is 0. The molecule has 3 nitrogen and oxygen atoms in total. The molecule has 0 radical (unpaired) electrons. The molecule has 0 aromatic carbocycles. The molecule has 0 amide bonds. The molecule has 76 valence electrons. The van der Waals surface area contributed by atoms with Gasteiger partial charge in [0.15, 0.2) is 0 Å². The predicted molar refractivity (Wildman–Crippen MR) is 50.8 cm³/mol. The summed E-state index contributed by atoms with van der Waals surface area (Å²) in [7, 11) is 1.73. The van der Waals surface area contributed by atoms with Crippen LogP contribution in [0.3, 0.4) is 0 Å². The van der Waals surface area contributed by atoms with Crippen molar-refractivity contribution >= 4 is 0 Å². The van der Waals surface area contributed by atoms with Crippen LogP contribution in [0.5, 0.6) is 0 Å². The van der Waals surface area contributed by atoms with E-state index in [1.54, 1.807) is 7.11 Å². The molecule has 13 heavy (non-hydrogen) atoms. The van der Waals surface area contributed by atoms with Gasteiger partial charge in [-0.15, -0.1) is 0 Å². The molecule has 1 aliphatic carbocycles. The third kappa shape index (κ3) is 2.03. The molecular formula is C10H19NO2. The van der Waals surface area contributed by atoms with Gasteiger partial charge in [0.25, 0.3) is 0 Å². The van der Waals surface area contributed by atoms with E-state index < -0.39 is 0 Å². The van der Waals surface area contributed by atoms with Crippen molar-refractivity contribution < 1.29 is 9.47 Å². The molecule has 0 aromatic heterocycles. The van der Waals surface area contributed by atoms with E-state index in [1.807, 2.05) is 0 Å². The van der Waals surface area contributed by atoms with Crippen LogP contribution < -0.4 is 5.32 Å².